The smallest absolute Gasteiger partial charge is 0.244 e. The minimum atomic E-state index is -3.77. The summed E-state index contributed by atoms with van der Waals surface area (Å²) in [6.45, 7) is 7.23. The first-order valence-electron chi connectivity index (χ1n) is 15.1. The van der Waals surface area contributed by atoms with Gasteiger partial charge in [-0.25, -0.2) is 8.42 Å². The molecule has 0 aliphatic heterocycles. The topological polar surface area (TPSA) is 86.8 Å². The summed E-state index contributed by atoms with van der Waals surface area (Å²) in [6.07, 6.45) is 8.94. The van der Waals surface area contributed by atoms with Gasteiger partial charge >= 0.3 is 0 Å². The number of rotatable bonds is 10. The standard InChI is InChI=1S/C33H45N3O4S/c1-22(2)34-32(38)24(4)35(20-28-9-7-6-8-23(28)3)31(37)21-36(41(5,39)40)30-12-10-29(11-13-30)33-17-25-14-26(18-33)16-27(15-25)19-33/h6-13,22,24-27H,14-21H2,1-5H3,(H,34,38)/t24-,25?,26?,27?,33?/m0/s1. The highest BCUT2D eigenvalue weighted by Crippen LogP contribution is 2.60. The van der Waals surface area contributed by atoms with Crippen LogP contribution in [-0.4, -0.2) is 50.0 Å². The molecule has 0 radical (unpaired) electrons. The zero-order valence-corrected chi connectivity index (χ0v) is 25.9. The first-order valence-corrected chi connectivity index (χ1v) is 16.9. The monoisotopic (exact) mass is 579 g/mol. The van der Waals surface area contributed by atoms with Gasteiger partial charge in [0.25, 0.3) is 0 Å². The van der Waals surface area contributed by atoms with Crippen LogP contribution in [0, 0.1) is 24.7 Å². The van der Waals surface area contributed by atoms with E-state index in [0.29, 0.717) is 5.69 Å². The number of sulfonamides is 1. The maximum Gasteiger partial charge on any atom is 0.244 e. The summed E-state index contributed by atoms with van der Waals surface area (Å²) < 4.78 is 27.2. The number of hydrogen-bond donors (Lipinski definition) is 1. The number of aryl methyl sites for hydroxylation is 1. The van der Waals surface area contributed by atoms with Crippen molar-refractivity contribution in [3.63, 3.8) is 0 Å². The summed E-state index contributed by atoms with van der Waals surface area (Å²) in [5, 5.41) is 2.89. The Balaban J connectivity index is 1.39. The first-order chi connectivity index (χ1) is 19.3. The fraction of sp³-hybridized carbons (Fsp3) is 0.576. The van der Waals surface area contributed by atoms with Gasteiger partial charge in [-0.15, -0.1) is 0 Å². The van der Waals surface area contributed by atoms with Crippen LogP contribution in [0.4, 0.5) is 5.69 Å². The molecule has 0 spiro atoms. The van der Waals surface area contributed by atoms with Crippen molar-refractivity contribution in [2.24, 2.45) is 17.8 Å². The number of nitrogens with zero attached hydrogens (tertiary/aromatic N) is 2. The normalized spacial score (nSPS) is 25.7. The van der Waals surface area contributed by atoms with Gasteiger partial charge in [0.15, 0.2) is 0 Å². The molecule has 7 nitrogen and oxygen atoms in total. The van der Waals surface area contributed by atoms with Crippen molar-refractivity contribution in [3.8, 4) is 0 Å². The fourth-order valence-electron chi connectivity index (χ4n) is 8.02. The van der Waals surface area contributed by atoms with Crippen molar-refractivity contribution in [2.75, 3.05) is 17.1 Å². The van der Waals surface area contributed by atoms with Crippen molar-refractivity contribution in [3.05, 3.63) is 65.2 Å². The highest BCUT2D eigenvalue weighted by Gasteiger charge is 2.51. The van der Waals surface area contributed by atoms with E-state index >= 15 is 0 Å². The molecule has 6 rings (SSSR count). The molecule has 222 valence electrons. The SMILES string of the molecule is Cc1ccccc1CN(C(=O)CN(c1ccc(C23CC4CC(CC(C4)C2)C3)cc1)S(C)(=O)=O)[C@@H](C)C(=O)NC(C)C. The lowest BCUT2D eigenvalue weighted by Gasteiger charge is -2.57. The molecular formula is C33H45N3O4S. The van der Waals surface area contributed by atoms with Gasteiger partial charge in [-0.2, -0.15) is 0 Å². The molecule has 1 N–H and O–H groups in total. The van der Waals surface area contributed by atoms with E-state index in [-0.39, 0.29) is 30.5 Å². The van der Waals surface area contributed by atoms with E-state index in [0.717, 1.165) is 35.1 Å². The van der Waals surface area contributed by atoms with Gasteiger partial charge in [-0.1, -0.05) is 36.4 Å². The lowest BCUT2D eigenvalue weighted by atomic mass is 9.48. The van der Waals surface area contributed by atoms with Crippen LogP contribution in [0.15, 0.2) is 48.5 Å². The van der Waals surface area contributed by atoms with Gasteiger partial charge in [0, 0.05) is 12.6 Å². The second-order valence-corrected chi connectivity index (χ2v) is 15.2. The molecule has 0 aromatic heterocycles. The Morgan fingerprint density at radius 2 is 1.49 bits per heavy atom. The predicted molar refractivity (Wildman–Crippen MR) is 163 cm³/mol. The van der Waals surface area contributed by atoms with Crippen LogP contribution in [0.3, 0.4) is 0 Å². The predicted octanol–water partition coefficient (Wildman–Crippen LogP) is 5.17. The van der Waals surface area contributed by atoms with Crippen LogP contribution >= 0.6 is 0 Å². The molecule has 41 heavy (non-hydrogen) atoms. The molecule has 4 saturated carbocycles. The molecule has 2 amide bonds. The van der Waals surface area contributed by atoms with Crippen LogP contribution in [0.25, 0.3) is 0 Å². The Hall–Kier alpha value is -2.87. The van der Waals surface area contributed by atoms with E-state index in [1.165, 1.54) is 53.3 Å². The average molecular weight is 580 g/mol. The van der Waals surface area contributed by atoms with Gasteiger partial charge in [-0.3, -0.25) is 13.9 Å². The van der Waals surface area contributed by atoms with E-state index < -0.39 is 22.0 Å². The number of amides is 2. The van der Waals surface area contributed by atoms with E-state index in [9.17, 15) is 18.0 Å². The maximum atomic E-state index is 13.9. The number of carbonyl (C=O) groups is 2. The summed E-state index contributed by atoms with van der Waals surface area (Å²) in [5.41, 5.74) is 3.91. The summed E-state index contributed by atoms with van der Waals surface area (Å²) in [4.78, 5) is 28.3. The Labute approximate surface area is 245 Å². The lowest BCUT2D eigenvalue weighted by Crippen LogP contribution is -2.52. The Morgan fingerprint density at radius 1 is 0.927 bits per heavy atom. The molecule has 0 unspecified atom stereocenters. The number of anilines is 1. The summed E-state index contributed by atoms with van der Waals surface area (Å²) in [5.74, 6) is 1.77. The Morgan fingerprint density at radius 3 is 2.00 bits per heavy atom. The molecule has 4 aliphatic rings. The zero-order valence-electron chi connectivity index (χ0n) is 25.1. The Kier molecular flexibility index (Phi) is 8.25. The van der Waals surface area contributed by atoms with Crippen LogP contribution in [-0.2, 0) is 31.6 Å². The zero-order chi connectivity index (χ0) is 29.5. The van der Waals surface area contributed by atoms with Gasteiger partial charge in [0.1, 0.15) is 12.6 Å². The van der Waals surface area contributed by atoms with Gasteiger partial charge in [0.2, 0.25) is 21.8 Å². The highest BCUT2D eigenvalue weighted by molar-refractivity contribution is 7.92. The van der Waals surface area contributed by atoms with E-state index in [4.69, 9.17) is 0 Å². The number of hydrogen-bond acceptors (Lipinski definition) is 4. The molecule has 0 heterocycles. The van der Waals surface area contributed by atoms with E-state index in [1.54, 1.807) is 6.92 Å². The van der Waals surface area contributed by atoms with Crippen molar-refractivity contribution in [1.29, 1.82) is 0 Å². The fourth-order valence-corrected chi connectivity index (χ4v) is 8.87. The van der Waals surface area contributed by atoms with Crippen LogP contribution in [0.2, 0.25) is 0 Å². The maximum absolute atomic E-state index is 13.9. The molecule has 4 aliphatic carbocycles. The lowest BCUT2D eigenvalue weighted by molar-refractivity contribution is -0.139. The summed E-state index contributed by atoms with van der Waals surface area (Å²) in [6, 6.07) is 14.8. The molecular weight excluding hydrogens is 534 g/mol. The van der Waals surface area contributed by atoms with Crippen LogP contribution in [0.5, 0.6) is 0 Å². The third-order valence-corrected chi connectivity index (χ3v) is 10.8. The third kappa shape index (κ3) is 6.32. The molecule has 8 heteroatoms. The van der Waals surface area contributed by atoms with Crippen molar-refractivity contribution in [2.45, 2.75) is 90.3 Å². The number of carbonyl (C=O) groups excluding carboxylic acids is 2. The number of nitrogens with one attached hydrogen (secondary N) is 1. The van der Waals surface area contributed by atoms with Crippen molar-refractivity contribution >= 4 is 27.5 Å². The van der Waals surface area contributed by atoms with Crippen LogP contribution < -0.4 is 9.62 Å². The van der Waals surface area contributed by atoms with Gasteiger partial charge in [0.05, 0.1) is 11.9 Å². The number of benzene rings is 2. The Bertz CT molecular complexity index is 1350. The van der Waals surface area contributed by atoms with Crippen molar-refractivity contribution < 1.29 is 18.0 Å². The minimum absolute atomic E-state index is 0.0830. The molecule has 2 aromatic carbocycles. The highest BCUT2D eigenvalue weighted by atomic mass is 32.2. The van der Waals surface area contributed by atoms with E-state index in [1.807, 2.05) is 57.2 Å². The third-order valence-electron chi connectivity index (χ3n) is 9.69. The average Bonchev–Trinajstić information content (AvgIpc) is 2.89. The second kappa shape index (κ2) is 11.4. The minimum Gasteiger partial charge on any atom is -0.352 e. The molecule has 0 saturated heterocycles. The van der Waals surface area contributed by atoms with Gasteiger partial charge in [-0.05, 0) is 118 Å². The van der Waals surface area contributed by atoms with Crippen molar-refractivity contribution in [1.82, 2.24) is 10.2 Å². The molecule has 4 bridgehead atoms. The second-order valence-electron chi connectivity index (χ2n) is 13.3. The largest absolute Gasteiger partial charge is 0.352 e. The van der Waals surface area contributed by atoms with Crippen LogP contribution in [0.1, 0.15) is 76.0 Å². The molecule has 4 fully saturated rings. The summed E-state index contributed by atoms with van der Waals surface area (Å²) >= 11 is 0. The quantitative estimate of drug-likeness (QED) is 0.421. The van der Waals surface area contributed by atoms with Gasteiger partial charge < -0.3 is 10.2 Å². The summed E-state index contributed by atoms with van der Waals surface area (Å²) in [7, 11) is -3.77. The molecule has 2 aromatic rings. The first kappa shape index (κ1) is 29.6. The van der Waals surface area contributed by atoms with E-state index in [2.05, 4.69) is 17.4 Å². The molecule has 1 atom stereocenters.